The molecular weight excluding hydrogens is 222 g/mol. The van der Waals surface area contributed by atoms with Gasteiger partial charge in [-0.2, -0.15) is 0 Å². The number of benzene rings is 1. The van der Waals surface area contributed by atoms with Crippen LogP contribution in [-0.4, -0.2) is 4.98 Å². The van der Waals surface area contributed by atoms with Crippen LogP contribution in [-0.2, 0) is 5.41 Å². The third-order valence-corrected chi connectivity index (χ3v) is 2.62. The van der Waals surface area contributed by atoms with Crippen LogP contribution in [0, 0.1) is 11.6 Å². The second-order valence-electron chi connectivity index (χ2n) is 5.13. The third-order valence-electron chi connectivity index (χ3n) is 2.62. The molecule has 0 spiro atoms. The Morgan fingerprint density at radius 2 is 1.76 bits per heavy atom. The Morgan fingerprint density at radius 1 is 1.12 bits per heavy atom. The highest BCUT2D eigenvalue weighted by molar-refractivity contribution is 5.91. The number of hydrogen-bond donors (Lipinski definition) is 1. The maximum Gasteiger partial charge on any atom is 0.137 e. The first-order chi connectivity index (χ1) is 7.79. The van der Waals surface area contributed by atoms with E-state index >= 15 is 0 Å². The highest BCUT2D eigenvalue weighted by atomic mass is 19.1. The Labute approximate surface area is 98.5 Å². The van der Waals surface area contributed by atoms with Crippen molar-refractivity contribution in [2.45, 2.75) is 26.2 Å². The Morgan fingerprint density at radius 3 is 2.35 bits per heavy atom. The fourth-order valence-corrected chi connectivity index (χ4v) is 1.70. The molecule has 0 radical (unpaired) electrons. The van der Waals surface area contributed by atoms with Gasteiger partial charge in [-0.05, 0) is 6.07 Å². The lowest BCUT2D eigenvalue weighted by Crippen LogP contribution is -2.14. The van der Waals surface area contributed by atoms with Crippen LogP contribution in [0.15, 0.2) is 18.2 Å². The van der Waals surface area contributed by atoms with Crippen LogP contribution < -0.4 is 5.73 Å². The van der Waals surface area contributed by atoms with Crippen molar-refractivity contribution < 1.29 is 8.78 Å². The summed E-state index contributed by atoms with van der Waals surface area (Å²) in [4.78, 5) is 4.27. The number of halogens is 2. The molecule has 1 aromatic heterocycles. The molecule has 0 amide bonds. The van der Waals surface area contributed by atoms with E-state index in [9.17, 15) is 8.78 Å². The topological polar surface area (TPSA) is 38.9 Å². The molecule has 0 aliphatic carbocycles. The minimum absolute atomic E-state index is 0.180. The molecule has 0 aliphatic rings. The van der Waals surface area contributed by atoms with Crippen molar-refractivity contribution in [3.05, 3.63) is 35.5 Å². The number of fused-ring (bicyclic) bond motifs is 1. The molecule has 1 heterocycles. The van der Waals surface area contributed by atoms with E-state index < -0.39 is 11.6 Å². The zero-order chi connectivity index (χ0) is 12.8. The van der Waals surface area contributed by atoms with Crippen molar-refractivity contribution in [2.24, 2.45) is 0 Å². The fraction of sp³-hybridized carbons (Fsp3) is 0.308. The molecule has 0 saturated carbocycles. The van der Waals surface area contributed by atoms with Gasteiger partial charge in [-0.15, -0.1) is 0 Å². The van der Waals surface area contributed by atoms with Crippen LogP contribution in [0.25, 0.3) is 10.9 Å². The number of anilines is 1. The Balaban J connectivity index is 2.82. The number of nitrogens with two attached hydrogens (primary N) is 1. The molecule has 17 heavy (non-hydrogen) atoms. The lowest BCUT2D eigenvalue weighted by molar-refractivity contribution is 0.569. The van der Waals surface area contributed by atoms with E-state index in [1.54, 1.807) is 6.07 Å². The molecule has 0 aliphatic heterocycles. The monoisotopic (exact) mass is 236 g/mol. The lowest BCUT2D eigenvalue weighted by Gasteiger charge is -2.19. The molecular formula is C13H14F2N2. The lowest BCUT2D eigenvalue weighted by atomic mass is 9.91. The van der Waals surface area contributed by atoms with Crippen molar-refractivity contribution in [3.63, 3.8) is 0 Å². The summed E-state index contributed by atoms with van der Waals surface area (Å²) in [7, 11) is 0. The zero-order valence-corrected chi connectivity index (χ0v) is 10.0. The van der Waals surface area contributed by atoms with Gasteiger partial charge >= 0.3 is 0 Å². The molecule has 0 unspecified atom stereocenters. The standard InChI is InChI=1S/C13H14F2N2/c1-13(2,3)11-6-9(16)12-8(15)4-7(14)5-10(12)17-11/h4-6H,1-3H3,(H2,16,17). The summed E-state index contributed by atoms with van der Waals surface area (Å²) < 4.78 is 26.7. The van der Waals surface area contributed by atoms with Crippen LogP contribution in [0.3, 0.4) is 0 Å². The van der Waals surface area contributed by atoms with E-state index in [1.165, 1.54) is 6.07 Å². The smallest absolute Gasteiger partial charge is 0.137 e. The van der Waals surface area contributed by atoms with Crippen molar-refractivity contribution in [1.29, 1.82) is 0 Å². The van der Waals surface area contributed by atoms with Gasteiger partial charge in [0.1, 0.15) is 11.6 Å². The van der Waals surface area contributed by atoms with Gasteiger partial charge in [-0.3, -0.25) is 4.98 Å². The van der Waals surface area contributed by atoms with Gasteiger partial charge < -0.3 is 5.73 Å². The summed E-state index contributed by atoms with van der Waals surface area (Å²) in [6.45, 7) is 5.91. The highest BCUT2D eigenvalue weighted by Gasteiger charge is 2.18. The van der Waals surface area contributed by atoms with Gasteiger partial charge in [0.2, 0.25) is 0 Å². The first-order valence-electron chi connectivity index (χ1n) is 5.35. The van der Waals surface area contributed by atoms with E-state index in [2.05, 4.69) is 4.98 Å². The Kier molecular flexibility index (Phi) is 2.53. The first kappa shape index (κ1) is 11.8. The average Bonchev–Trinajstić information content (AvgIpc) is 2.13. The van der Waals surface area contributed by atoms with Gasteiger partial charge in [-0.1, -0.05) is 20.8 Å². The quantitative estimate of drug-likeness (QED) is 0.761. The van der Waals surface area contributed by atoms with E-state index in [1.807, 2.05) is 20.8 Å². The molecule has 1 aromatic carbocycles. The van der Waals surface area contributed by atoms with Gasteiger partial charge in [0.25, 0.3) is 0 Å². The largest absolute Gasteiger partial charge is 0.398 e. The molecule has 2 N–H and O–H groups in total. The number of nitrogens with zero attached hydrogens (tertiary/aromatic N) is 1. The van der Waals surface area contributed by atoms with E-state index in [4.69, 9.17) is 5.73 Å². The Bertz CT molecular complexity index is 586. The van der Waals surface area contributed by atoms with Crippen LogP contribution in [0.4, 0.5) is 14.5 Å². The first-order valence-corrected chi connectivity index (χ1v) is 5.35. The maximum atomic E-state index is 13.6. The van der Waals surface area contributed by atoms with Crippen LogP contribution >= 0.6 is 0 Å². The number of nitrogen functional groups attached to an aromatic ring is 1. The van der Waals surface area contributed by atoms with Gasteiger partial charge in [-0.25, -0.2) is 8.78 Å². The SMILES string of the molecule is CC(C)(C)c1cc(N)c2c(F)cc(F)cc2n1. The van der Waals surface area contributed by atoms with Crippen molar-refractivity contribution in [3.8, 4) is 0 Å². The minimum Gasteiger partial charge on any atom is -0.398 e. The molecule has 0 saturated heterocycles. The molecule has 2 rings (SSSR count). The summed E-state index contributed by atoms with van der Waals surface area (Å²) >= 11 is 0. The molecule has 2 nitrogen and oxygen atoms in total. The van der Waals surface area contributed by atoms with Crippen LogP contribution in [0.2, 0.25) is 0 Å². The average molecular weight is 236 g/mol. The van der Waals surface area contributed by atoms with Gasteiger partial charge in [0.05, 0.1) is 10.9 Å². The van der Waals surface area contributed by atoms with Gasteiger partial charge in [0.15, 0.2) is 0 Å². The van der Waals surface area contributed by atoms with Crippen molar-refractivity contribution in [2.75, 3.05) is 5.73 Å². The van der Waals surface area contributed by atoms with Crippen LogP contribution in [0.5, 0.6) is 0 Å². The number of pyridine rings is 1. The van der Waals surface area contributed by atoms with E-state index in [0.717, 1.165) is 6.07 Å². The number of rotatable bonds is 0. The summed E-state index contributed by atoms with van der Waals surface area (Å²) in [5.74, 6) is -1.32. The summed E-state index contributed by atoms with van der Waals surface area (Å²) in [6, 6.07) is 3.66. The normalized spacial score (nSPS) is 12.1. The van der Waals surface area contributed by atoms with E-state index in [0.29, 0.717) is 5.69 Å². The van der Waals surface area contributed by atoms with Crippen LogP contribution in [0.1, 0.15) is 26.5 Å². The minimum atomic E-state index is -0.676. The summed E-state index contributed by atoms with van der Waals surface area (Å²) in [5.41, 5.74) is 6.85. The Hall–Kier alpha value is -1.71. The molecule has 4 heteroatoms. The molecule has 90 valence electrons. The third kappa shape index (κ3) is 2.07. The highest BCUT2D eigenvalue weighted by Crippen LogP contribution is 2.29. The van der Waals surface area contributed by atoms with E-state index in [-0.39, 0.29) is 22.0 Å². The maximum absolute atomic E-state index is 13.6. The molecule has 0 atom stereocenters. The fourth-order valence-electron chi connectivity index (χ4n) is 1.70. The number of aromatic nitrogens is 1. The predicted octanol–water partition coefficient (Wildman–Crippen LogP) is 3.39. The molecule has 0 bridgehead atoms. The predicted molar refractivity (Wildman–Crippen MR) is 64.8 cm³/mol. The molecule has 0 fully saturated rings. The molecule has 2 aromatic rings. The second-order valence-corrected chi connectivity index (χ2v) is 5.13. The second kappa shape index (κ2) is 3.65. The van der Waals surface area contributed by atoms with Crippen molar-refractivity contribution >= 4 is 16.6 Å². The van der Waals surface area contributed by atoms with Gasteiger partial charge in [0, 0.05) is 28.9 Å². The van der Waals surface area contributed by atoms with Crippen molar-refractivity contribution in [1.82, 2.24) is 4.98 Å². The zero-order valence-electron chi connectivity index (χ0n) is 10.0. The summed E-state index contributed by atoms with van der Waals surface area (Å²) in [6.07, 6.45) is 0. The summed E-state index contributed by atoms with van der Waals surface area (Å²) in [5, 5.41) is 0.180. The number of hydrogen-bond acceptors (Lipinski definition) is 2.